The molecule has 1 heterocycles. The standard InChI is InChI=1S/C10H7F6NO3S2/c11-9(12,13)8-17-7(4-21-8)5-1-2-6(3-5)20-22(18,19)10(14,15)16/h2,4-5H,1,3H2. The van der Waals surface area contributed by atoms with Gasteiger partial charge in [0.1, 0.15) is 5.76 Å². The number of rotatable bonds is 3. The van der Waals surface area contributed by atoms with Gasteiger partial charge in [-0.05, 0) is 12.5 Å². The number of nitrogens with zero attached hydrogens (tertiary/aromatic N) is 1. The molecule has 1 aromatic heterocycles. The van der Waals surface area contributed by atoms with Crippen LogP contribution in [0.15, 0.2) is 17.2 Å². The van der Waals surface area contributed by atoms with E-state index in [2.05, 4.69) is 9.17 Å². The largest absolute Gasteiger partial charge is 0.534 e. The molecule has 0 fully saturated rings. The third kappa shape index (κ3) is 3.54. The fourth-order valence-electron chi connectivity index (χ4n) is 1.77. The first-order valence-electron chi connectivity index (χ1n) is 5.62. The van der Waals surface area contributed by atoms with Crippen molar-refractivity contribution < 1.29 is 38.9 Å². The Morgan fingerprint density at radius 2 is 1.86 bits per heavy atom. The number of alkyl halides is 6. The van der Waals surface area contributed by atoms with Crippen LogP contribution in [0.1, 0.15) is 29.5 Å². The van der Waals surface area contributed by atoms with Crippen molar-refractivity contribution in [2.24, 2.45) is 0 Å². The summed E-state index contributed by atoms with van der Waals surface area (Å²) in [5.41, 5.74) is -5.52. The van der Waals surface area contributed by atoms with Crippen molar-refractivity contribution in [3.63, 3.8) is 0 Å². The molecule has 0 aliphatic heterocycles. The molecule has 0 amide bonds. The quantitative estimate of drug-likeness (QED) is 0.463. The molecule has 1 atom stereocenters. The van der Waals surface area contributed by atoms with Gasteiger partial charge in [-0.15, -0.1) is 11.3 Å². The van der Waals surface area contributed by atoms with E-state index >= 15 is 0 Å². The molecule has 0 saturated heterocycles. The maximum atomic E-state index is 12.4. The highest BCUT2D eigenvalue weighted by molar-refractivity contribution is 7.87. The first-order chi connectivity index (χ1) is 9.90. The van der Waals surface area contributed by atoms with Crippen molar-refractivity contribution in [2.75, 3.05) is 0 Å². The molecule has 0 N–H and O–H groups in total. The summed E-state index contributed by atoms with van der Waals surface area (Å²) in [6, 6.07) is 0. The Bertz CT molecular complexity index is 688. The summed E-state index contributed by atoms with van der Waals surface area (Å²) in [6.07, 6.45) is -3.73. The smallest absolute Gasteiger partial charge is 0.381 e. The fourth-order valence-corrected chi connectivity index (χ4v) is 3.05. The maximum absolute atomic E-state index is 12.4. The van der Waals surface area contributed by atoms with E-state index in [0.717, 1.165) is 11.5 Å². The lowest BCUT2D eigenvalue weighted by Gasteiger charge is -2.11. The second kappa shape index (κ2) is 5.41. The molecule has 1 aromatic rings. The van der Waals surface area contributed by atoms with Crippen LogP contribution in [0.2, 0.25) is 0 Å². The Kier molecular flexibility index (Phi) is 4.19. The first-order valence-corrected chi connectivity index (χ1v) is 7.91. The third-order valence-corrected chi connectivity index (χ3v) is 4.67. The molecular weight excluding hydrogens is 360 g/mol. The summed E-state index contributed by atoms with van der Waals surface area (Å²) in [4.78, 5) is 3.38. The van der Waals surface area contributed by atoms with Crippen LogP contribution in [-0.2, 0) is 20.5 Å². The summed E-state index contributed by atoms with van der Waals surface area (Å²) < 4.78 is 99.4. The van der Waals surface area contributed by atoms with Gasteiger partial charge >= 0.3 is 21.8 Å². The van der Waals surface area contributed by atoms with Crippen molar-refractivity contribution in [3.8, 4) is 0 Å². The zero-order valence-corrected chi connectivity index (χ0v) is 12.0. The van der Waals surface area contributed by atoms with Crippen LogP contribution in [0, 0.1) is 0 Å². The van der Waals surface area contributed by atoms with E-state index in [0.29, 0.717) is 11.3 Å². The highest BCUT2D eigenvalue weighted by Gasteiger charge is 2.49. The SMILES string of the molecule is O=S(=O)(OC1=CCC(c2csc(C(F)(F)F)n2)C1)C(F)(F)F. The predicted molar refractivity (Wildman–Crippen MR) is 63.2 cm³/mol. The molecule has 2 rings (SSSR count). The molecule has 1 aliphatic carbocycles. The van der Waals surface area contributed by atoms with Gasteiger partial charge in [0.25, 0.3) is 0 Å². The highest BCUT2D eigenvalue weighted by atomic mass is 32.2. The monoisotopic (exact) mass is 367 g/mol. The molecule has 22 heavy (non-hydrogen) atoms. The Hall–Kier alpha value is -1.30. The second-order valence-corrected chi connectivity index (χ2v) is 6.76. The molecule has 0 spiro atoms. The number of aromatic nitrogens is 1. The van der Waals surface area contributed by atoms with Crippen molar-refractivity contribution >= 4 is 21.5 Å². The van der Waals surface area contributed by atoms with E-state index in [1.807, 2.05) is 0 Å². The van der Waals surface area contributed by atoms with Gasteiger partial charge in [-0.25, -0.2) is 4.98 Å². The molecule has 0 saturated carbocycles. The zero-order valence-electron chi connectivity index (χ0n) is 10.4. The van der Waals surface area contributed by atoms with Gasteiger partial charge in [-0.2, -0.15) is 34.8 Å². The van der Waals surface area contributed by atoms with E-state index < -0.39 is 38.5 Å². The molecule has 4 nitrogen and oxygen atoms in total. The van der Waals surface area contributed by atoms with Crippen LogP contribution in [0.4, 0.5) is 26.3 Å². The van der Waals surface area contributed by atoms with Crippen molar-refractivity contribution in [1.29, 1.82) is 0 Å². The zero-order chi connectivity index (χ0) is 16.8. The van der Waals surface area contributed by atoms with Crippen molar-refractivity contribution in [3.05, 3.63) is 27.9 Å². The lowest BCUT2D eigenvalue weighted by Crippen LogP contribution is -2.25. The predicted octanol–water partition coefficient (Wildman–Crippen LogP) is 3.79. The average Bonchev–Trinajstić information content (AvgIpc) is 2.92. The molecular formula is C10H7F6NO3S2. The minimum Gasteiger partial charge on any atom is -0.381 e. The summed E-state index contributed by atoms with van der Waals surface area (Å²) >= 11 is 0.364. The van der Waals surface area contributed by atoms with Gasteiger partial charge in [-0.1, -0.05) is 0 Å². The molecule has 1 aliphatic rings. The van der Waals surface area contributed by atoms with Crippen LogP contribution >= 0.6 is 11.3 Å². The van der Waals surface area contributed by atoms with Crippen LogP contribution < -0.4 is 0 Å². The Balaban J connectivity index is 2.05. The van der Waals surface area contributed by atoms with E-state index in [1.165, 1.54) is 0 Å². The molecule has 124 valence electrons. The number of allylic oxidation sites excluding steroid dienone is 2. The van der Waals surface area contributed by atoms with E-state index in [9.17, 15) is 34.8 Å². The van der Waals surface area contributed by atoms with Gasteiger partial charge in [0.2, 0.25) is 0 Å². The first kappa shape index (κ1) is 17.1. The van der Waals surface area contributed by atoms with E-state index in [1.54, 1.807) is 0 Å². The Labute approximate surface area is 124 Å². The summed E-state index contributed by atoms with van der Waals surface area (Å²) in [5.74, 6) is -1.10. The third-order valence-electron chi connectivity index (χ3n) is 2.76. The van der Waals surface area contributed by atoms with Crippen LogP contribution in [-0.4, -0.2) is 18.9 Å². The van der Waals surface area contributed by atoms with Crippen molar-refractivity contribution in [1.82, 2.24) is 4.98 Å². The number of thiazole rings is 1. The summed E-state index contributed by atoms with van der Waals surface area (Å²) in [7, 11) is -5.77. The number of hydrogen-bond donors (Lipinski definition) is 0. The van der Waals surface area contributed by atoms with E-state index in [-0.39, 0.29) is 18.5 Å². The molecule has 0 bridgehead atoms. The molecule has 0 radical (unpaired) electrons. The van der Waals surface area contributed by atoms with Gasteiger partial charge < -0.3 is 4.18 Å². The van der Waals surface area contributed by atoms with Gasteiger partial charge in [0.15, 0.2) is 5.01 Å². The molecule has 0 aromatic carbocycles. The van der Waals surface area contributed by atoms with Crippen LogP contribution in [0.3, 0.4) is 0 Å². The molecule has 1 unspecified atom stereocenters. The minimum absolute atomic E-state index is 0.0385. The lowest BCUT2D eigenvalue weighted by atomic mass is 10.0. The van der Waals surface area contributed by atoms with Gasteiger partial charge in [0.05, 0.1) is 5.69 Å². The topological polar surface area (TPSA) is 56.3 Å². The second-order valence-electron chi connectivity index (χ2n) is 4.37. The number of halogens is 6. The van der Waals surface area contributed by atoms with Crippen LogP contribution in [0.25, 0.3) is 0 Å². The Morgan fingerprint density at radius 1 is 1.23 bits per heavy atom. The summed E-state index contributed by atoms with van der Waals surface area (Å²) in [6.45, 7) is 0. The van der Waals surface area contributed by atoms with Gasteiger partial charge in [0, 0.05) is 17.7 Å². The average molecular weight is 367 g/mol. The van der Waals surface area contributed by atoms with E-state index in [4.69, 9.17) is 0 Å². The fraction of sp³-hybridized carbons (Fsp3) is 0.500. The maximum Gasteiger partial charge on any atom is 0.534 e. The lowest BCUT2D eigenvalue weighted by molar-refractivity contribution is -0.137. The van der Waals surface area contributed by atoms with Crippen LogP contribution in [0.5, 0.6) is 0 Å². The molecule has 12 heteroatoms. The van der Waals surface area contributed by atoms with Gasteiger partial charge in [-0.3, -0.25) is 0 Å². The summed E-state index contributed by atoms with van der Waals surface area (Å²) in [5, 5.41) is 0.0718. The minimum atomic E-state index is -5.77. The van der Waals surface area contributed by atoms with Crippen molar-refractivity contribution in [2.45, 2.75) is 30.4 Å². The highest BCUT2D eigenvalue weighted by Crippen LogP contribution is 2.39. The number of hydrogen-bond acceptors (Lipinski definition) is 5. The normalized spacial score (nSPS) is 20.1. The Morgan fingerprint density at radius 3 is 2.36 bits per heavy atom.